The molecule has 0 spiro atoms. The van der Waals surface area contributed by atoms with Crippen molar-refractivity contribution in [2.75, 3.05) is 29.5 Å². The van der Waals surface area contributed by atoms with Gasteiger partial charge >= 0.3 is 0 Å². The first-order chi connectivity index (χ1) is 11.8. The number of ether oxygens (including phenoxy) is 1. The normalized spacial score (nSPS) is 11.2. The zero-order valence-corrected chi connectivity index (χ0v) is 15.3. The average molecular weight is 362 g/mol. The zero-order valence-electron chi connectivity index (χ0n) is 14.5. The summed E-state index contributed by atoms with van der Waals surface area (Å²) in [4.78, 5) is 12.3. The van der Waals surface area contributed by atoms with E-state index in [1.807, 2.05) is 19.1 Å². The summed E-state index contributed by atoms with van der Waals surface area (Å²) in [5, 5.41) is 2.73. The van der Waals surface area contributed by atoms with Crippen LogP contribution in [0.15, 0.2) is 48.5 Å². The molecule has 134 valence electrons. The van der Waals surface area contributed by atoms with Crippen LogP contribution in [-0.4, -0.2) is 34.2 Å². The molecule has 0 bridgehead atoms. The Kier molecular flexibility index (Phi) is 6.17. The van der Waals surface area contributed by atoms with Gasteiger partial charge in [-0.15, -0.1) is 0 Å². The van der Waals surface area contributed by atoms with Crippen LogP contribution in [0.5, 0.6) is 0 Å². The van der Waals surface area contributed by atoms with E-state index in [-0.39, 0.29) is 6.54 Å². The van der Waals surface area contributed by atoms with E-state index in [1.165, 1.54) is 0 Å². The van der Waals surface area contributed by atoms with Gasteiger partial charge in [-0.25, -0.2) is 8.42 Å². The molecular weight excluding hydrogens is 340 g/mol. The molecule has 0 aliphatic heterocycles. The number of sulfonamides is 1. The molecule has 6 nitrogen and oxygen atoms in total. The highest BCUT2D eigenvalue weighted by atomic mass is 32.2. The fourth-order valence-corrected chi connectivity index (χ4v) is 3.27. The average Bonchev–Trinajstić information content (AvgIpc) is 2.52. The maximum atomic E-state index is 12.3. The number of hydrogen-bond donors (Lipinski definition) is 1. The van der Waals surface area contributed by atoms with Crippen molar-refractivity contribution in [1.82, 2.24) is 0 Å². The lowest BCUT2D eigenvalue weighted by atomic mass is 10.2. The summed E-state index contributed by atoms with van der Waals surface area (Å²) in [6, 6.07) is 14.2. The second-order valence-electron chi connectivity index (χ2n) is 5.79. The molecule has 2 aromatic rings. The Morgan fingerprint density at radius 1 is 1.16 bits per heavy atom. The number of aryl methyl sites for hydroxylation is 1. The second-order valence-corrected chi connectivity index (χ2v) is 7.70. The van der Waals surface area contributed by atoms with Gasteiger partial charge in [-0.2, -0.15) is 0 Å². The van der Waals surface area contributed by atoms with Gasteiger partial charge in [-0.05, 0) is 42.3 Å². The summed E-state index contributed by atoms with van der Waals surface area (Å²) in [6.07, 6.45) is 1.09. The number of benzene rings is 2. The molecule has 0 saturated heterocycles. The summed E-state index contributed by atoms with van der Waals surface area (Å²) in [5.41, 5.74) is 2.89. The first-order valence-corrected chi connectivity index (χ1v) is 9.56. The predicted octanol–water partition coefficient (Wildman–Crippen LogP) is 2.55. The van der Waals surface area contributed by atoms with Crippen LogP contribution >= 0.6 is 0 Å². The topological polar surface area (TPSA) is 75.7 Å². The molecule has 0 atom stereocenters. The number of amides is 1. The number of methoxy groups -OCH3 is 1. The summed E-state index contributed by atoms with van der Waals surface area (Å²) in [6.45, 7) is 2.00. The minimum Gasteiger partial charge on any atom is -0.380 e. The third kappa shape index (κ3) is 5.58. The second kappa shape index (κ2) is 8.13. The van der Waals surface area contributed by atoms with Gasteiger partial charge in [0.05, 0.1) is 18.6 Å². The molecule has 0 unspecified atom stereocenters. The largest absolute Gasteiger partial charge is 0.380 e. The quantitative estimate of drug-likeness (QED) is 0.821. The van der Waals surface area contributed by atoms with Crippen LogP contribution in [0.3, 0.4) is 0 Å². The lowest BCUT2D eigenvalue weighted by Gasteiger charge is -2.22. The molecule has 0 saturated carbocycles. The fourth-order valence-electron chi connectivity index (χ4n) is 2.42. The number of rotatable bonds is 7. The Hall–Kier alpha value is -2.38. The van der Waals surface area contributed by atoms with Crippen LogP contribution < -0.4 is 9.62 Å². The van der Waals surface area contributed by atoms with Gasteiger partial charge in [-0.1, -0.05) is 24.3 Å². The monoisotopic (exact) mass is 362 g/mol. The van der Waals surface area contributed by atoms with Crippen LogP contribution in [0.2, 0.25) is 0 Å². The number of hydrogen-bond acceptors (Lipinski definition) is 4. The number of nitrogens with one attached hydrogen (secondary N) is 1. The molecule has 2 rings (SSSR count). The molecule has 1 N–H and O–H groups in total. The lowest BCUT2D eigenvalue weighted by molar-refractivity contribution is -0.114. The van der Waals surface area contributed by atoms with Crippen molar-refractivity contribution >= 4 is 27.3 Å². The van der Waals surface area contributed by atoms with Crippen molar-refractivity contribution in [2.45, 2.75) is 13.5 Å². The minimum atomic E-state index is -3.59. The molecule has 0 aliphatic carbocycles. The van der Waals surface area contributed by atoms with Crippen molar-refractivity contribution in [3.8, 4) is 0 Å². The number of anilines is 2. The smallest absolute Gasteiger partial charge is 0.245 e. The van der Waals surface area contributed by atoms with Gasteiger partial charge in [0.15, 0.2) is 0 Å². The standard InChI is InChI=1S/C18H22N2O4S/c1-14-6-4-9-17(10-14)20(25(3,22)23)12-18(21)19-16-8-5-7-15(11-16)13-24-2/h4-11H,12-13H2,1-3H3,(H,19,21). The maximum absolute atomic E-state index is 12.3. The molecule has 0 fully saturated rings. The highest BCUT2D eigenvalue weighted by molar-refractivity contribution is 7.92. The fraction of sp³-hybridized carbons (Fsp3) is 0.278. The first-order valence-electron chi connectivity index (χ1n) is 7.71. The Bertz CT molecular complexity index is 850. The summed E-state index contributed by atoms with van der Waals surface area (Å²) < 4.78 is 30.4. The Morgan fingerprint density at radius 2 is 1.88 bits per heavy atom. The Labute approximate surface area is 148 Å². The van der Waals surface area contributed by atoms with Crippen LogP contribution in [-0.2, 0) is 26.2 Å². The van der Waals surface area contributed by atoms with E-state index in [0.717, 1.165) is 21.7 Å². The van der Waals surface area contributed by atoms with E-state index >= 15 is 0 Å². The third-order valence-electron chi connectivity index (χ3n) is 3.50. The summed E-state index contributed by atoms with van der Waals surface area (Å²) >= 11 is 0. The van der Waals surface area contributed by atoms with Gasteiger partial charge in [0.25, 0.3) is 0 Å². The van der Waals surface area contributed by atoms with Crippen molar-refractivity contribution in [1.29, 1.82) is 0 Å². The molecule has 25 heavy (non-hydrogen) atoms. The zero-order chi connectivity index (χ0) is 18.4. The molecule has 0 radical (unpaired) electrons. The molecule has 0 aliphatic rings. The third-order valence-corrected chi connectivity index (χ3v) is 4.64. The van der Waals surface area contributed by atoms with Crippen LogP contribution in [0.1, 0.15) is 11.1 Å². The first kappa shape index (κ1) is 19.0. The van der Waals surface area contributed by atoms with E-state index in [2.05, 4.69) is 5.32 Å². The van der Waals surface area contributed by atoms with Gasteiger partial charge in [-0.3, -0.25) is 9.10 Å². The summed E-state index contributed by atoms with van der Waals surface area (Å²) in [5.74, 6) is -0.415. The van der Waals surface area contributed by atoms with Crippen molar-refractivity contribution in [3.63, 3.8) is 0 Å². The van der Waals surface area contributed by atoms with Crippen molar-refractivity contribution in [3.05, 3.63) is 59.7 Å². The Morgan fingerprint density at radius 3 is 2.52 bits per heavy atom. The maximum Gasteiger partial charge on any atom is 0.245 e. The SMILES string of the molecule is COCc1cccc(NC(=O)CN(c2cccc(C)c2)S(C)(=O)=O)c1. The van der Waals surface area contributed by atoms with E-state index in [1.54, 1.807) is 43.5 Å². The van der Waals surface area contributed by atoms with E-state index in [9.17, 15) is 13.2 Å². The molecular formula is C18H22N2O4S. The highest BCUT2D eigenvalue weighted by Crippen LogP contribution is 2.19. The highest BCUT2D eigenvalue weighted by Gasteiger charge is 2.21. The Balaban J connectivity index is 2.16. The molecule has 7 heteroatoms. The number of carbonyl (C=O) groups excluding carboxylic acids is 1. The number of carbonyl (C=O) groups is 1. The van der Waals surface area contributed by atoms with Gasteiger partial charge in [0, 0.05) is 12.8 Å². The van der Waals surface area contributed by atoms with E-state index < -0.39 is 15.9 Å². The molecule has 0 aromatic heterocycles. The minimum absolute atomic E-state index is 0.295. The van der Waals surface area contributed by atoms with Gasteiger partial charge in [0.2, 0.25) is 15.9 Å². The van der Waals surface area contributed by atoms with Crippen molar-refractivity contribution < 1.29 is 17.9 Å². The molecule has 1 amide bonds. The van der Waals surface area contributed by atoms with Crippen molar-refractivity contribution in [2.24, 2.45) is 0 Å². The summed E-state index contributed by atoms with van der Waals surface area (Å²) in [7, 11) is -1.99. The van der Waals surface area contributed by atoms with Gasteiger partial charge in [0.1, 0.15) is 6.54 Å². The van der Waals surface area contributed by atoms with E-state index in [0.29, 0.717) is 18.0 Å². The van der Waals surface area contributed by atoms with Gasteiger partial charge < -0.3 is 10.1 Å². The molecule has 0 heterocycles. The van der Waals surface area contributed by atoms with Crippen LogP contribution in [0.25, 0.3) is 0 Å². The molecule has 2 aromatic carbocycles. The lowest BCUT2D eigenvalue weighted by Crippen LogP contribution is -2.37. The van der Waals surface area contributed by atoms with Crippen LogP contribution in [0.4, 0.5) is 11.4 Å². The van der Waals surface area contributed by atoms with Crippen LogP contribution in [0, 0.1) is 6.92 Å². The predicted molar refractivity (Wildman–Crippen MR) is 99.2 cm³/mol. The van der Waals surface area contributed by atoms with E-state index in [4.69, 9.17) is 4.74 Å². The number of nitrogens with zero attached hydrogens (tertiary/aromatic N) is 1.